The molecule has 2 rings (SSSR count). The summed E-state index contributed by atoms with van der Waals surface area (Å²) in [6.45, 7) is 2.17. The van der Waals surface area contributed by atoms with E-state index < -0.39 is 0 Å². The first-order chi connectivity index (χ1) is 7.70. The van der Waals surface area contributed by atoms with Crippen LogP contribution < -0.4 is 0 Å². The molecule has 0 saturated heterocycles. The van der Waals surface area contributed by atoms with E-state index in [0.717, 1.165) is 5.56 Å². The molecular formula is C11H12FN3O. The fraction of sp³-hybridized carbons (Fsp3) is 0.273. The highest BCUT2D eigenvalue weighted by molar-refractivity contribution is 5.55. The Morgan fingerprint density at radius 1 is 1.44 bits per heavy atom. The lowest BCUT2D eigenvalue weighted by Gasteiger charge is -1.99. The van der Waals surface area contributed by atoms with Gasteiger partial charge in [-0.1, -0.05) is 6.07 Å². The number of rotatable bonds is 3. The van der Waals surface area contributed by atoms with Crippen LogP contribution in [0.15, 0.2) is 24.5 Å². The molecule has 0 fully saturated rings. The standard InChI is InChI=1S/C11H12FN3O/c1-8-2-3-9(10(12)6-8)11-13-7-15(14-11)4-5-16/h2-3,6-7,16H,4-5H2,1H3. The van der Waals surface area contributed by atoms with Crippen molar-refractivity contribution in [3.8, 4) is 11.4 Å². The lowest BCUT2D eigenvalue weighted by molar-refractivity contribution is 0.269. The third-order valence-corrected chi connectivity index (χ3v) is 2.23. The summed E-state index contributed by atoms with van der Waals surface area (Å²) in [6, 6.07) is 4.91. The first-order valence-electron chi connectivity index (χ1n) is 4.97. The number of hydrogen-bond acceptors (Lipinski definition) is 3. The topological polar surface area (TPSA) is 50.9 Å². The van der Waals surface area contributed by atoms with Gasteiger partial charge in [0, 0.05) is 0 Å². The van der Waals surface area contributed by atoms with Crippen LogP contribution in [0.3, 0.4) is 0 Å². The summed E-state index contributed by atoms with van der Waals surface area (Å²) in [4.78, 5) is 4.00. The SMILES string of the molecule is Cc1ccc(-c2ncn(CCO)n2)c(F)c1. The largest absolute Gasteiger partial charge is 0.394 e. The third kappa shape index (κ3) is 2.09. The molecule has 0 saturated carbocycles. The predicted molar refractivity (Wildman–Crippen MR) is 57.2 cm³/mol. The molecule has 16 heavy (non-hydrogen) atoms. The lowest BCUT2D eigenvalue weighted by atomic mass is 10.1. The monoisotopic (exact) mass is 221 g/mol. The van der Waals surface area contributed by atoms with Gasteiger partial charge in [-0.3, -0.25) is 4.68 Å². The van der Waals surface area contributed by atoms with Crippen LogP contribution >= 0.6 is 0 Å². The molecule has 2 aromatic rings. The second kappa shape index (κ2) is 4.40. The van der Waals surface area contributed by atoms with Crippen molar-refractivity contribution in [3.05, 3.63) is 35.9 Å². The average Bonchev–Trinajstić information content (AvgIpc) is 2.67. The Morgan fingerprint density at radius 2 is 2.25 bits per heavy atom. The number of halogens is 1. The van der Waals surface area contributed by atoms with Gasteiger partial charge in [-0.15, -0.1) is 0 Å². The van der Waals surface area contributed by atoms with Crippen LogP contribution in [0.25, 0.3) is 11.4 Å². The fourth-order valence-corrected chi connectivity index (χ4v) is 1.43. The van der Waals surface area contributed by atoms with Crippen LogP contribution in [0.1, 0.15) is 5.56 Å². The lowest BCUT2D eigenvalue weighted by Crippen LogP contribution is -2.02. The molecule has 5 heteroatoms. The van der Waals surface area contributed by atoms with E-state index >= 15 is 0 Å². The van der Waals surface area contributed by atoms with Gasteiger partial charge in [0.1, 0.15) is 12.1 Å². The van der Waals surface area contributed by atoms with E-state index in [1.807, 2.05) is 13.0 Å². The second-order valence-electron chi connectivity index (χ2n) is 3.54. The Labute approximate surface area is 92.4 Å². The minimum Gasteiger partial charge on any atom is -0.394 e. The molecule has 1 aromatic heterocycles. The number of benzene rings is 1. The summed E-state index contributed by atoms with van der Waals surface area (Å²) in [5.41, 5.74) is 1.23. The number of nitrogens with zero attached hydrogens (tertiary/aromatic N) is 3. The van der Waals surface area contributed by atoms with Gasteiger partial charge in [0.15, 0.2) is 5.82 Å². The zero-order valence-electron chi connectivity index (χ0n) is 8.89. The maximum atomic E-state index is 13.6. The molecule has 0 aliphatic carbocycles. The van der Waals surface area contributed by atoms with E-state index in [9.17, 15) is 4.39 Å². The first-order valence-corrected chi connectivity index (χ1v) is 4.97. The van der Waals surface area contributed by atoms with Crippen molar-refractivity contribution in [2.75, 3.05) is 6.61 Å². The Bertz CT molecular complexity index is 496. The molecule has 4 nitrogen and oxygen atoms in total. The first kappa shape index (κ1) is 10.8. The van der Waals surface area contributed by atoms with Gasteiger partial charge in [0.05, 0.1) is 18.7 Å². The van der Waals surface area contributed by atoms with Gasteiger partial charge >= 0.3 is 0 Å². The van der Waals surface area contributed by atoms with Gasteiger partial charge in [-0.2, -0.15) is 5.10 Å². The molecule has 0 aliphatic heterocycles. The minimum absolute atomic E-state index is 0.0147. The molecular weight excluding hydrogens is 209 g/mol. The highest BCUT2D eigenvalue weighted by atomic mass is 19.1. The highest BCUT2D eigenvalue weighted by Crippen LogP contribution is 2.19. The zero-order chi connectivity index (χ0) is 11.5. The van der Waals surface area contributed by atoms with Crippen molar-refractivity contribution in [2.45, 2.75) is 13.5 Å². The molecule has 1 aromatic carbocycles. The van der Waals surface area contributed by atoms with Crippen LogP contribution in [-0.4, -0.2) is 26.5 Å². The maximum Gasteiger partial charge on any atom is 0.184 e. The normalized spacial score (nSPS) is 10.7. The van der Waals surface area contributed by atoms with Gasteiger partial charge in [-0.25, -0.2) is 9.37 Å². The summed E-state index contributed by atoms with van der Waals surface area (Å²) < 4.78 is 15.1. The third-order valence-electron chi connectivity index (χ3n) is 2.23. The Morgan fingerprint density at radius 3 is 2.94 bits per heavy atom. The summed E-state index contributed by atoms with van der Waals surface area (Å²) in [5.74, 6) is 0.00713. The molecule has 0 atom stereocenters. The Kier molecular flexibility index (Phi) is 2.96. The van der Waals surface area contributed by atoms with Crippen LogP contribution in [0.2, 0.25) is 0 Å². The summed E-state index contributed by atoms with van der Waals surface area (Å²) in [6.07, 6.45) is 1.48. The number of aryl methyl sites for hydroxylation is 1. The molecule has 0 spiro atoms. The second-order valence-corrected chi connectivity index (χ2v) is 3.54. The average molecular weight is 221 g/mol. The minimum atomic E-state index is -0.332. The number of aliphatic hydroxyl groups excluding tert-OH is 1. The van der Waals surface area contributed by atoms with Crippen molar-refractivity contribution in [1.82, 2.24) is 14.8 Å². The zero-order valence-corrected chi connectivity index (χ0v) is 8.89. The van der Waals surface area contributed by atoms with E-state index in [4.69, 9.17) is 5.11 Å². The summed E-state index contributed by atoms with van der Waals surface area (Å²) in [7, 11) is 0. The molecule has 0 aliphatic rings. The Balaban J connectivity index is 2.35. The molecule has 0 amide bonds. The Hall–Kier alpha value is -1.75. The van der Waals surface area contributed by atoms with E-state index in [1.165, 1.54) is 17.1 Å². The smallest absolute Gasteiger partial charge is 0.184 e. The summed E-state index contributed by atoms with van der Waals surface area (Å²) in [5, 5.41) is 12.8. The van der Waals surface area contributed by atoms with E-state index in [-0.39, 0.29) is 12.4 Å². The maximum absolute atomic E-state index is 13.6. The number of hydrogen-bond donors (Lipinski definition) is 1. The fourth-order valence-electron chi connectivity index (χ4n) is 1.43. The highest BCUT2D eigenvalue weighted by Gasteiger charge is 2.09. The van der Waals surface area contributed by atoms with Crippen LogP contribution in [0.4, 0.5) is 4.39 Å². The number of aromatic nitrogens is 3. The molecule has 84 valence electrons. The molecule has 0 unspecified atom stereocenters. The van der Waals surface area contributed by atoms with Crippen molar-refractivity contribution in [1.29, 1.82) is 0 Å². The van der Waals surface area contributed by atoms with Gasteiger partial charge in [0.25, 0.3) is 0 Å². The van der Waals surface area contributed by atoms with Crippen molar-refractivity contribution in [3.63, 3.8) is 0 Å². The van der Waals surface area contributed by atoms with Crippen molar-refractivity contribution < 1.29 is 9.50 Å². The van der Waals surface area contributed by atoms with Crippen LogP contribution in [-0.2, 0) is 6.54 Å². The summed E-state index contributed by atoms with van der Waals surface area (Å²) >= 11 is 0. The van der Waals surface area contributed by atoms with Gasteiger partial charge < -0.3 is 5.11 Å². The van der Waals surface area contributed by atoms with Gasteiger partial charge in [-0.05, 0) is 24.6 Å². The van der Waals surface area contributed by atoms with Crippen LogP contribution in [0.5, 0.6) is 0 Å². The van der Waals surface area contributed by atoms with E-state index in [0.29, 0.717) is 17.9 Å². The predicted octanol–water partition coefficient (Wildman–Crippen LogP) is 1.38. The van der Waals surface area contributed by atoms with Crippen molar-refractivity contribution >= 4 is 0 Å². The molecule has 1 heterocycles. The van der Waals surface area contributed by atoms with Crippen molar-refractivity contribution in [2.24, 2.45) is 0 Å². The van der Waals surface area contributed by atoms with Crippen LogP contribution in [0, 0.1) is 12.7 Å². The molecule has 0 radical (unpaired) electrons. The quantitative estimate of drug-likeness (QED) is 0.852. The molecule has 0 bridgehead atoms. The van der Waals surface area contributed by atoms with E-state index in [1.54, 1.807) is 6.07 Å². The number of aliphatic hydroxyl groups is 1. The van der Waals surface area contributed by atoms with Gasteiger partial charge in [0.2, 0.25) is 0 Å². The van der Waals surface area contributed by atoms with E-state index in [2.05, 4.69) is 10.1 Å². The molecule has 1 N–H and O–H groups in total.